The number of aromatic nitrogens is 2. The van der Waals surface area contributed by atoms with Crippen LogP contribution in [0.15, 0.2) is 54.6 Å². The SMILES string of the molecule is COCCOCCOCCOCCOCCOCCC(=O)N[C@H](CC(=O)OC)C(=O)Nc1cccc(-c2cc3c(cc2OC)OCc2c(C(=O)N4CCOCC4(C)C)nn(-c4cc(Cl)cc(Cl)c4)c2-3)c1. The van der Waals surface area contributed by atoms with E-state index in [1.54, 1.807) is 59.2 Å². The van der Waals surface area contributed by atoms with Crippen LogP contribution >= 0.6 is 23.2 Å². The summed E-state index contributed by atoms with van der Waals surface area (Å²) in [5, 5.41) is 11.1. The summed E-state index contributed by atoms with van der Waals surface area (Å²) in [7, 11) is 4.35. The number of morpholine rings is 1. The summed E-state index contributed by atoms with van der Waals surface area (Å²) >= 11 is 13.0. The number of carbonyl (C=O) groups is 4. The van der Waals surface area contributed by atoms with E-state index >= 15 is 0 Å². The molecule has 70 heavy (non-hydrogen) atoms. The lowest BCUT2D eigenvalue weighted by molar-refractivity contribution is -0.143. The van der Waals surface area contributed by atoms with Gasteiger partial charge < -0.3 is 62.9 Å². The van der Waals surface area contributed by atoms with E-state index in [1.807, 2.05) is 26.0 Å². The van der Waals surface area contributed by atoms with Crippen molar-refractivity contribution in [2.45, 2.75) is 44.9 Å². The van der Waals surface area contributed by atoms with Crippen molar-refractivity contribution in [3.05, 3.63) is 75.9 Å². The van der Waals surface area contributed by atoms with Crippen LogP contribution in [-0.2, 0) is 58.9 Å². The molecular formula is C49H61Cl2N5O14. The number of benzene rings is 3. The lowest BCUT2D eigenvalue weighted by atomic mass is 9.95. The molecule has 2 aliphatic rings. The molecule has 0 radical (unpaired) electrons. The maximum atomic E-state index is 14.4. The molecule has 1 fully saturated rings. The van der Waals surface area contributed by atoms with Gasteiger partial charge in [-0.1, -0.05) is 35.3 Å². The first-order valence-electron chi connectivity index (χ1n) is 22.8. The molecule has 0 unspecified atom stereocenters. The zero-order valence-electron chi connectivity index (χ0n) is 40.1. The van der Waals surface area contributed by atoms with Gasteiger partial charge in [0.25, 0.3) is 5.91 Å². The summed E-state index contributed by atoms with van der Waals surface area (Å²) in [5.74, 6) is -1.18. The van der Waals surface area contributed by atoms with Crippen LogP contribution in [0.4, 0.5) is 5.69 Å². The van der Waals surface area contributed by atoms with Crippen LogP contribution in [0.5, 0.6) is 11.5 Å². The second-order valence-electron chi connectivity index (χ2n) is 16.6. The van der Waals surface area contributed by atoms with Gasteiger partial charge in [-0.05, 0) is 55.8 Å². The normalized spacial score (nSPS) is 14.2. The second kappa shape index (κ2) is 26.7. The molecular weight excluding hydrogens is 953 g/mol. The summed E-state index contributed by atoms with van der Waals surface area (Å²) in [6, 6.07) is 14.4. The lowest BCUT2D eigenvalue weighted by Gasteiger charge is -2.41. The molecule has 1 atom stereocenters. The standard InChI is InChI=1S/C49H61Cl2N5O14/c1-49(2)31-69-12-10-55(49)48(60)45-39-30-70-42-29-41(62-4)37(27-38(42)46(39)56(54-45)36-25-33(50)24-34(51)26-36)32-7-6-8-35(23-32)52-47(59)40(28-44(58)63-5)53-43(57)9-11-64-15-16-66-19-20-68-22-21-67-18-17-65-14-13-61-3/h6-8,23-27,29,40H,9-22,28,30-31H2,1-5H3,(H,52,59)(H,53,57)/t40-/m1/s1. The number of fused-ring (bicyclic) bond motifs is 3. The fraction of sp³-hybridized carbons (Fsp3) is 0.490. The number of halogens is 2. The summed E-state index contributed by atoms with van der Waals surface area (Å²) < 4.78 is 56.6. The van der Waals surface area contributed by atoms with Crippen molar-refractivity contribution in [3.8, 4) is 39.6 Å². The van der Waals surface area contributed by atoms with Crippen molar-refractivity contribution >= 4 is 52.6 Å². The number of amides is 3. The molecule has 4 aromatic rings. The number of ether oxygens (including phenoxy) is 10. The molecule has 6 rings (SSSR count). The van der Waals surface area contributed by atoms with E-state index in [4.69, 9.17) is 75.7 Å². The highest BCUT2D eigenvalue weighted by Crippen LogP contribution is 2.47. The third-order valence-electron chi connectivity index (χ3n) is 11.2. The van der Waals surface area contributed by atoms with E-state index in [1.165, 1.54) is 14.2 Å². The lowest BCUT2D eigenvalue weighted by Crippen LogP contribution is -2.55. The number of anilines is 1. The van der Waals surface area contributed by atoms with Crippen molar-refractivity contribution in [3.63, 3.8) is 0 Å². The van der Waals surface area contributed by atoms with Gasteiger partial charge in [-0.2, -0.15) is 5.10 Å². The Morgan fingerprint density at radius 3 is 2.06 bits per heavy atom. The van der Waals surface area contributed by atoms with E-state index in [2.05, 4.69) is 10.6 Å². The fourth-order valence-electron chi connectivity index (χ4n) is 7.67. The summed E-state index contributed by atoms with van der Waals surface area (Å²) in [6.45, 7) is 9.30. The minimum atomic E-state index is -1.26. The number of carbonyl (C=O) groups excluding carboxylic acids is 4. The number of nitrogens with zero attached hydrogens (tertiary/aromatic N) is 3. The van der Waals surface area contributed by atoms with Gasteiger partial charge in [0, 0.05) is 58.6 Å². The summed E-state index contributed by atoms with van der Waals surface area (Å²) in [4.78, 5) is 55.3. The molecule has 1 saturated heterocycles. The van der Waals surface area contributed by atoms with Gasteiger partial charge in [-0.3, -0.25) is 19.2 Å². The smallest absolute Gasteiger partial charge is 0.308 e. The van der Waals surface area contributed by atoms with Crippen molar-refractivity contribution in [1.82, 2.24) is 20.0 Å². The van der Waals surface area contributed by atoms with Crippen LogP contribution < -0.4 is 20.1 Å². The Morgan fingerprint density at radius 1 is 0.800 bits per heavy atom. The average Bonchev–Trinajstić information content (AvgIpc) is 3.74. The van der Waals surface area contributed by atoms with Crippen LogP contribution in [0.25, 0.3) is 28.1 Å². The summed E-state index contributed by atoms with van der Waals surface area (Å²) in [6.07, 6.45) is -0.491. The quantitative estimate of drug-likeness (QED) is 0.0538. The van der Waals surface area contributed by atoms with Crippen LogP contribution in [0.2, 0.25) is 10.0 Å². The molecule has 0 spiro atoms. The highest BCUT2D eigenvalue weighted by atomic mass is 35.5. The molecule has 21 heteroatoms. The molecule has 380 valence electrons. The van der Waals surface area contributed by atoms with Gasteiger partial charge in [0.15, 0.2) is 5.69 Å². The zero-order valence-corrected chi connectivity index (χ0v) is 41.6. The number of esters is 1. The number of rotatable bonds is 27. The first-order valence-corrected chi connectivity index (χ1v) is 23.6. The van der Waals surface area contributed by atoms with Gasteiger partial charge in [0.1, 0.15) is 24.1 Å². The largest absolute Gasteiger partial charge is 0.496 e. The van der Waals surface area contributed by atoms with Crippen LogP contribution in [0.3, 0.4) is 0 Å². The monoisotopic (exact) mass is 1010 g/mol. The Morgan fingerprint density at radius 2 is 1.44 bits per heavy atom. The highest BCUT2D eigenvalue weighted by molar-refractivity contribution is 6.34. The van der Waals surface area contributed by atoms with Gasteiger partial charge in [-0.25, -0.2) is 4.68 Å². The predicted octanol–water partition coefficient (Wildman–Crippen LogP) is 5.77. The predicted molar refractivity (Wildman–Crippen MR) is 259 cm³/mol. The first kappa shape index (κ1) is 54.0. The second-order valence-corrected chi connectivity index (χ2v) is 17.5. The molecule has 2 N–H and O–H groups in total. The maximum absolute atomic E-state index is 14.4. The topological polar surface area (TPSA) is 206 Å². The molecule has 2 aliphatic heterocycles. The molecule has 19 nitrogen and oxygen atoms in total. The van der Waals surface area contributed by atoms with Crippen LogP contribution in [-0.4, -0.2) is 164 Å². The molecule has 3 heterocycles. The Balaban J connectivity index is 1.10. The number of hydrogen-bond acceptors (Lipinski definition) is 15. The Bertz CT molecular complexity index is 2400. The summed E-state index contributed by atoms with van der Waals surface area (Å²) in [5.41, 5.74) is 3.54. The molecule has 0 saturated carbocycles. The Kier molecular flexibility index (Phi) is 20.6. The van der Waals surface area contributed by atoms with Gasteiger partial charge in [0.2, 0.25) is 11.8 Å². The number of hydrogen-bond donors (Lipinski definition) is 2. The van der Waals surface area contributed by atoms with Crippen LogP contribution in [0.1, 0.15) is 42.7 Å². The van der Waals surface area contributed by atoms with E-state index in [-0.39, 0.29) is 44.4 Å². The molecule has 0 aliphatic carbocycles. The van der Waals surface area contributed by atoms with E-state index < -0.39 is 35.8 Å². The van der Waals surface area contributed by atoms with E-state index in [0.717, 1.165) is 0 Å². The molecule has 1 aromatic heterocycles. The minimum absolute atomic E-state index is 0.0418. The number of nitrogens with one attached hydrogen (secondary N) is 2. The average molecular weight is 1010 g/mol. The third-order valence-corrected chi connectivity index (χ3v) is 11.6. The van der Waals surface area contributed by atoms with Crippen molar-refractivity contribution in [2.75, 3.05) is 119 Å². The van der Waals surface area contributed by atoms with E-state index in [9.17, 15) is 19.2 Å². The van der Waals surface area contributed by atoms with Crippen molar-refractivity contribution in [1.29, 1.82) is 0 Å². The highest BCUT2D eigenvalue weighted by Gasteiger charge is 2.39. The van der Waals surface area contributed by atoms with E-state index in [0.29, 0.717) is 133 Å². The van der Waals surface area contributed by atoms with Gasteiger partial charge in [-0.15, -0.1) is 0 Å². The molecule has 3 amide bonds. The first-order chi connectivity index (χ1) is 33.8. The number of methoxy groups -OCH3 is 3. The van der Waals surface area contributed by atoms with Crippen molar-refractivity contribution < 1.29 is 66.5 Å². The Hall–Kier alpha value is -5.35. The minimum Gasteiger partial charge on any atom is -0.496 e. The Labute approximate surface area is 417 Å². The van der Waals surface area contributed by atoms with Gasteiger partial charge >= 0.3 is 5.97 Å². The zero-order chi connectivity index (χ0) is 50.0. The molecule has 0 bridgehead atoms. The third kappa shape index (κ3) is 14.8. The fourth-order valence-corrected chi connectivity index (χ4v) is 8.18. The van der Waals surface area contributed by atoms with Crippen LogP contribution in [0, 0.1) is 0 Å². The van der Waals surface area contributed by atoms with Gasteiger partial charge in [0.05, 0.1) is 123 Å². The van der Waals surface area contributed by atoms with Crippen molar-refractivity contribution in [2.24, 2.45) is 0 Å². The molecule has 3 aromatic carbocycles. The maximum Gasteiger partial charge on any atom is 0.308 e.